The minimum absolute atomic E-state index is 0.218. The monoisotopic (exact) mass is 317 g/mol. The molecular formula is C17H16FNO4. The molecule has 0 saturated heterocycles. The van der Waals surface area contributed by atoms with Crippen LogP contribution in [0.1, 0.15) is 17.3 Å². The van der Waals surface area contributed by atoms with Crippen molar-refractivity contribution >= 4 is 17.6 Å². The van der Waals surface area contributed by atoms with Crippen LogP contribution in [0.2, 0.25) is 0 Å². The van der Waals surface area contributed by atoms with E-state index in [4.69, 9.17) is 9.47 Å². The number of benzene rings is 2. The highest BCUT2D eigenvalue weighted by atomic mass is 19.1. The maximum absolute atomic E-state index is 13.5. The first kappa shape index (κ1) is 16.5. The molecule has 0 bridgehead atoms. The number of nitrogens with one attached hydrogen (secondary N) is 1. The number of methoxy groups -OCH3 is 1. The summed E-state index contributed by atoms with van der Waals surface area (Å²) in [5.41, 5.74) is 0.234. The molecule has 120 valence electrons. The maximum Gasteiger partial charge on any atom is 0.341 e. The van der Waals surface area contributed by atoms with Crippen molar-refractivity contribution in [2.24, 2.45) is 0 Å². The first-order valence-corrected chi connectivity index (χ1v) is 6.92. The zero-order valence-corrected chi connectivity index (χ0v) is 12.7. The Balaban J connectivity index is 2.03. The van der Waals surface area contributed by atoms with Crippen LogP contribution in [0.3, 0.4) is 0 Å². The molecule has 2 rings (SSSR count). The first-order chi connectivity index (χ1) is 11.0. The molecule has 0 fully saturated rings. The van der Waals surface area contributed by atoms with Crippen molar-refractivity contribution in [1.29, 1.82) is 0 Å². The van der Waals surface area contributed by atoms with E-state index in [1.165, 1.54) is 32.2 Å². The van der Waals surface area contributed by atoms with Gasteiger partial charge in [-0.25, -0.2) is 9.18 Å². The molecule has 0 aliphatic heterocycles. The van der Waals surface area contributed by atoms with Gasteiger partial charge in [-0.1, -0.05) is 24.3 Å². The van der Waals surface area contributed by atoms with Crippen LogP contribution in [0.15, 0.2) is 48.5 Å². The highest BCUT2D eigenvalue weighted by Gasteiger charge is 2.21. The molecule has 0 radical (unpaired) electrons. The van der Waals surface area contributed by atoms with Gasteiger partial charge in [0, 0.05) is 0 Å². The second-order valence-electron chi connectivity index (χ2n) is 4.72. The number of hydrogen-bond acceptors (Lipinski definition) is 4. The normalized spacial score (nSPS) is 11.4. The molecule has 0 heterocycles. The van der Waals surface area contributed by atoms with Crippen molar-refractivity contribution in [2.45, 2.75) is 13.0 Å². The summed E-state index contributed by atoms with van der Waals surface area (Å²) in [4.78, 5) is 24.0. The third-order valence-electron chi connectivity index (χ3n) is 3.11. The number of ether oxygens (including phenoxy) is 2. The number of rotatable bonds is 5. The molecule has 1 amide bonds. The Hall–Kier alpha value is -2.89. The van der Waals surface area contributed by atoms with E-state index in [0.29, 0.717) is 11.4 Å². The fourth-order valence-corrected chi connectivity index (χ4v) is 1.89. The summed E-state index contributed by atoms with van der Waals surface area (Å²) in [6, 6.07) is 12.2. The lowest BCUT2D eigenvalue weighted by atomic mass is 10.2. The van der Waals surface area contributed by atoms with Crippen molar-refractivity contribution in [3.05, 3.63) is 59.9 Å². The highest BCUT2D eigenvalue weighted by molar-refractivity contribution is 5.98. The molecule has 0 aromatic heterocycles. The lowest BCUT2D eigenvalue weighted by Crippen LogP contribution is -2.30. The molecule has 6 heteroatoms. The van der Waals surface area contributed by atoms with Gasteiger partial charge in [-0.05, 0) is 31.2 Å². The zero-order valence-electron chi connectivity index (χ0n) is 12.7. The molecular weight excluding hydrogens is 301 g/mol. The van der Waals surface area contributed by atoms with Gasteiger partial charge < -0.3 is 14.8 Å². The number of para-hydroxylation sites is 2. The van der Waals surface area contributed by atoms with Gasteiger partial charge in [0.15, 0.2) is 6.10 Å². The summed E-state index contributed by atoms with van der Waals surface area (Å²) in [6.07, 6.45) is -1.09. The zero-order chi connectivity index (χ0) is 16.8. The van der Waals surface area contributed by atoms with Gasteiger partial charge >= 0.3 is 5.97 Å². The van der Waals surface area contributed by atoms with E-state index in [1.54, 1.807) is 24.3 Å². The number of hydrogen-bond donors (Lipinski definition) is 1. The summed E-state index contributed by atoms with van der Waals surface area (Å²) in [7, 11) is 1.48. The van der Waals surface area contributed by atoms with Crippen molar-refractivity contribution in [2.75, 3.05) is 12.4 Å². The van der Waals surface area contributed by atoms with Crippen molar-refractivity contribution in [3.63, 3.8) is 0 Å². The molecule has 0 saturated carbocycles. The number of carbonyl (C=O) groups excluding carboxylic acids is 2. The van der Waals surface area contributed by atoms with Crippen LogP contribution in [-0.4, -0.2) is 25.1 Å². The molecule has 2 aromatic rings. The van der Waals surface area contributed by atoms with E-state index < -0.39 is 23.8 Å². The Kier molecular flexibility index (Phi) is 5.30. The van der Waals surface area contributed by atoms with Gasteiger partial charge in [0.05, 0.1) is 18.4 Å². The molecule has 1 N–H and O–H groups in total. The average molecular weight is 317 g/mol. The Morgan fingerprint density at radius 2 is 1.74 bits per heavy atom. The van der Waals surface area contributed by atoms with Gasteiger partial charge in [-0.3, -0.25) is 4.79 Å². The standard InChI is InChI=1S/C17H16FNO4/c1-11(23-17(21)12-7-3-4-8-13(12)18)16(20)19-14-9-5-6-10-15(14)22-2/h3-11H,1-2H3,(H,19,20)/t11-/m0/s1. The van der Waals surface area contributed by atoms with Crippen LogP contribution in [0.25, 0.3) is 0 Å². The fourth-order valence-electron chi connectivity index (χ4n) is 1.89. The quantitative estimate of drug-likeness (QED) is 0.861. The number of halogens is 1. The predicted octanol–water partition coefficient (Wildman–Crippen LogP) is 3.02. The molecule has 1 atom stereocenters. The number of anilines is 1. The van der Waals surface area contributed by atoms with E-state index in [1.807, 2.05) is 0 Å². The summed E-state index contributed by atoms with van der Waals surface area (Å²) in [5, 5.41) is 2.60. The molecule has 0 spiro atoms. The smallest absolute Gasteiger partial charge is 0.341 e. The van der Waals surface area contributed by atoms with Gasteiger partial charge in [-0.15, -0.1) is 0 Å². The van der Waals surface area contributed by atoms with Crippen molar-refractivity contribution in [3.8, 4) is 5.75 Å². The lowest BCUT2D eigenvalue weighted by molar-refractivity contribution is -0.123. The largest absolute Gasteiger partial charge is 0.495 e. The van der Waals surface area contributed by atoms with Crippen LogP contribution >= 0.6 is 0 Å². The minimum atomic E-state index is -1.09. The SMILES string of the molecule is COc1ccccc1NC(=O)[C@H](C)OC(=O)c1ccccc1F. The topological polar surface area (TPSA) is 64.6 Å². The van der Waals surface area contributed by atoms with Crippen LogP contribution < -0.4 is 10.1 Å². The summed E-state index contributed by atoms with van der Waals surface area (Å²) in [5.74, 6) is -1.66. The highest BCUT2D eigenvalue weighted by Crippen LogP contribution is 2.23. The Morgan fingerprint density at radius 3 is 2.43 bits per heavy atom. The van der Waals surface area contributed by atoms with Crippen molar-refractivity contribution in [1.82, 2.24) is 0 Å². The third-order valence-corrected chi connectivity index (χ3v) is 3.11. The molecule has 2 aromatic carbocycles. The van der Waals surface area contributed by atoms with E-state index in [0.717, 1.165) is 6.07 Å². The third kappa shape index (κ3) is 4.06. The van der Waals surface area contributed by atoms with E-state index in [-0.39, 0.29) is 5.56 Å². The second-order valence-corrected chi connectivity index (χ2v) is 4.72. The summed E-state index contributed by atoms with van der Waals surface area (Å²) >= 11 is 0. The Morgan fingerprint density at radius 1 is 1.09 bits per heavy atom. The first-order valence-electron chi connectivity index (χ1n) is 6.92. The Labute approximate surface area is 133 Å². The number of carbonyl (C=O) groups is 2. The van der Waals surface area contributed by atoms with Crippen LogP contribution in [0.4, 0.5) is 10.1 Å². The van der Waals surface area contributed by atoms with E-state index in [2.05, 4.69) is 5.32 Å². The predicted molar refractivity (Wildman–Crippen MR) is 82.9 cm³/mol. The van der Waals surface area contributed by atoms with Crippen LogP contribution in [0, 0.1) is 5.82 Å². The second kappa shape index (κ2) is 7.40. The summed E-state index contributed by atoms with van der Waals surface area (Å²) < 4.78 is 23.6. The molecule has 0 aliphatic carbocycles. The molecule has 0 unspecified atom stereocenters. The van der Waals surface area contributed by atoms with Gasteiger partial charge in [0.2, 0.25) is 0 Å². The minimum Gasteiger partial charge on any atom is -0.495 e. The Bertz CT molecular complexity index is 717. The van der Waals surface area contributed by atoms with Gasteiger partial charge in [0.25, 0.3) is 5.91 Å². The lowest BCUT2D eigenvalue weighted by Gasteiger charge is -2.15. The van der Waals surface area contributed by atoms with E-state index in [9.17, 15) is 14.0 Å². The van der Waals surface area contributed by atoms with Gasteiger partial charge in [0.1, 0.15) is 11.6 Å². The van der Waals surface area contributed by atoms with Crippen LogP contribution in [0.5, 0.6) is 5.75 Å². The van der Waals surface area contributed by atoms with Crippen molar-refractivity contribution < 1.29 is 23.5 Å². The maximum atomic E-state index is 13.5. The molecule has 0 aliphatic rings. The van der Waals surface area contributed by atoms with Crippen LogP contribution in [-0.2, 0) is 9.53 Å². The number of esters is 1. The number of amides is 1. The van der Waals surface area contributed by atoms with Gasteiger partial charge in [-0.2, -0.15) is 0 Å². The average Bonchev–Trinajstić information content (AvgIpc) is 2.55. The molecule has 23 heavy (non-hydrogen) atoms. The van der Waals surface area contributed by atoms with E-state index >= 15 is 0 Å². The fraction of sp³-hybridized carbons (Fsp3) is 0.176. The molecule has 5 nitrogen and oxygen atoms in total. The summed E-state index contributed by atoms with van der Waals surface area (Å²) in [6.45, 7) is 1.41.